The SMILES string of the molecule is C=CCNc1nnc(SCc2csc(N(C(C)=O)c3cccc(C)c3C)n2)s1. The molecule has 146 valence electrons. The molecule has 1 amide bonds. The zero-order valence-electron chi connectivity index (χ0n) is 15.9. The molecule has 2 aromatic heterocycles. The standard InChI is InChI=1S/C19H21N5OS3/c1-5-9-20-17-22-23-19(28-17)27-11-15-10-26-18(21-15)24(14(4)25)16-8-6-7-12(2)13(16)3/h5-8,10H,1,9,11H2,2-4H3,(H,20,22). The Morgan fingerprint density at radius 2 is 2.18 bits per heavy atom. The van der Waals surface area contributed by atoms with Gasteiger partial charge >= 0.3 is 0 Å². The fourth-order valence-electron chi connectivity index (χ4n) is 2.49. The highest BCUT2D eigenvalue weighted by atomic mass is 32.2. The van der Waals surface area contributed by atoms with Gasteiger partial charge in [-0.05, 0) is 31.0 Å². The summed E-state index contributed by atoms with van der Waals surface area (Å²) in [6.45, 7) is 9.97. The summed E-state index contributed by atoms with van der Waals surface area (Å²) in [5.74, 6) is 0.620. The van der Waals surface area contributed by atoms with Crippen molar-refractivity contribution in [3.05, 3.63) is 53.1 Å². The van der Waals surface area contributed by atoms with Gasteiger partial charge in [0.25, 0.3) is 0 Å². The normalized spacial score (nSPS) is 10.7. The molecular formula is C19H21N5OS3. The highest BCUT2D eigenvalue weighted by molar-refractivity contribution is 8.00. The lowest BCUT2D eigenvalue weighted by atomic mass is 10.1. The highest BCUT2D eigenvalue weighted by Gasteiger charge is 2.20. The lowest BCUT2D eigenvalue weighted by Gasteiger charge is -2.21. The fraction of sp³-hybridized carbons (Fsp3) is 0.263. The summed E-state index contributed by atoms with van der Waals surface area (Å²) in [4.78, 5) is 18.7. The summed E-state index contributed by atoms with van der Waals surface area (Å²) < 4.78 is 0.874. The molecule has 9 heteroatoms. The van der Waals surface area contributed by atoms with Crippen molar-refractivity contribution in [3.63, 3.8) is 0 Å². The molecule has 1 aromatic carbocycles. The van der Waals surface area contributed by atoms with Crippen LogP contribution in [0.4, 0.5) is 16.0 Å². The zero-order valence-corrected chi connectivity index (χ0v) is 18.4. The molecular weight excluding hydrogens is 410 g/mol. The number of thiazole rings is 1. The van der Waals surface area contributed by atoms with E-state index in [9.17, 15) is 4.79 Å². The molecule has 0 unspecified atom stereocenters. The third-order valence-electron chi connectivity index (χ3n) is 4.01. The first kappa shape index (κ1) is 20.5. The number of amides is 1. The van der Waals surface area contributed by atoms with Crippen LogP contribution in [0.5, 0.6) is 0 Å². The lowest BCUT2D eigenvalue weighted by molar-refractivity contribution is -0.115. The predicted molar refractivity (Wildman–Crippen MR) is 119 cm³/mol. The first-order valence-corrected chi connectivity index (χ1v) is 11.3. The topological polar surface area (TPSA) is 71.0 Å². The number of benzene rings is 1. The molecule has 0 fully saturated rings. The maximum absolute atomic E-state index is 12.3. The van der Waals surface area contributed by atoms with Gasteiger partial charge in [-0.1, -0.05) is 41.3 Å². The van der Waals surface area contributed by atoms with Crippen molar-refractivity contribution in [2.45, 2.75) is 30.9 Å². The van der Waals surface area contributed by atoms with Gasteiger partial charge in [-0.15, -0.1) is 28.1 Å². The van der Waals surface area contributed by atoms with E-state index in [-0.39, 0.29) is 5.91 Å². The van der Waals surface area contributed by atoms with E-state index in [4.69, 9.17) is 0 Å². The number of aromatic nitrogens is 3. The number of carbonyl (C=O) groups is 1. The molecule has 2 heterocycles. The number of carbonyl (C=O) groups excluding carboxylic acids is 1. The predicted octanol–water partition coefficient (Wildman–Crippen LogP) is 5.19. The number of hydrogen-bond donors (Lipinski definition) is 1. The Morgan fingerprint density at radius 3 is 2.93 bits per heavy atom. The van der Waals surface area contributed by atoms with E-state index in [1.165, 1.54) is 22.7 Å². The number of nitrogens with zero attached hydrogens (tertiary/aromatic N) is 4. The zero-order chi connectivity index (χ0) is 20.1. The quantitative estimate of drug-likeness (QED) is 0.391. The highest BCUT2D eigenvalue weighted by Crippen LogP contribution is 2.34. The first-order valence-electron chi connectivity index (χ1n) is 8.62. The molecule has 1 N–H and O–H groups in total. The summed E-state index contributed by atoms with van der Waals surface area (Å²) in [6, 6.07) is 5.96. The van der Waals surface area contributed by atoms with Gasteiger partial charge in [0, 0.05) is 24.6 Å². The summed E-state index contributed by atoms with van der Waals surface area (Å²) in [5.41, 5.74) is 4.02. The second-order valence-corrected chi connectivity index (χ2v) is 9.06. The Kier molecular flexibility index (Phi) is 6.82. The molecule has 0 atom stereocenters. The van der Waals surface area contributed by atoms with Crippen molar-refractivity contribution in [2.75, 3.05) is 16.8 Å². The van der Waals surface area contributed by atoms with Gasteiger partial charge in [-0.25, -0.2) is 4.98 Å². The summed E-state index contributed by atoms with van der Waals surface area (Å²) in [7, 11) is 0. The van der Waals surface area contributed by atoms with Crippen LogP contribution in [-0.2, 0) is 10.5 Å². The fourth-order valence-corrected chi connectivity index (χ4v) is 5.12. The smallest absolute Gasteiger partial charge is 0.230 e. The van der Waals surface area contributed by atoms with E-state index < -0.39 is 0 Å². The third-order valence-corrected chi connectivity index (χ3v) is 6.93. The van der Waals surface area contributed by atoms with Crippen molar-refractivity contribution in [1.82, 2.24) is 15.2 Å². The van der Waals surface area contributed by atoms with Gasteiger partial charge in [0.1, 0.15) is 0 Å². The summed E-state index contributed by atoms with van der Waals surface area (Å²) in [6.07, 6.45) is 1.78. The molecule has 0 aliphatic carbocycles. The van der Waals surface area contributed by atoms with Crippen LogP contribution in [0.2, 0.25) is 0 Å². The Hall–Kier alpha value is -2.23. The molecule has 0 aliphatic heterocycles. The number of rotatable bonds is 8. The molecule has 28 heavy (non-hydrogen) atoms. The maximum atomic E-state index is 12.3. The van der Waals surface area contributed by atoms with Crippen LogP contribution >= 0.6 is 34.4 Å². The van der Waals surface area contributed by atoms with Crippen LogP contribution in [-0.4, -0.2) is 27.6 Å². The Bertz CT molecular complexity index is 982. The Morgan fingerprint density at radius 1 is 1.36 bits per heavy atom. The van der Waals surface area contributed by atoms with E-state index in [0.717, 1.165) is 32.0 Å². The minimum atomic E-state index is -0.0516. The van der Waals surface area contributed by atoms with E-state index in [1.807, 2.05) is 37.4 Å². The van der Waals surface area contributed by atoms with Crippen molar-refractivity contribution < 1.29 is 4.79 Å². The molecule has 0 aliphatic rings. The summed E-state index contributed by atoms with van der Waals surface area (Å²) in [5, 5.41) is 14.8. The van der Waals surface area contributed by atoms with E-state index in [1.54, 1.807) is 29.7 Å². The van der Waals surface area contributed by atoms with Crippen molar-refractivity contribution in [2.24, 2.45) is 0 Å². The average molecular weight is 432 g/mol. The van der Waals surface area contributed by atoms with E-state index in [2.05, 4.69) is 27.1 Å². The van der Waals surface area contributed by atoms with Gasteiger partial charge in [-0.2, -0.15) is 0 Å². The van der Waals surface area contributed by atoms with Crippen molar-refractivity contribution in [1.29, 1.82) is 0 Å². The third kappa shape index (κ3) is 4.78. The molecule has 0 saturated carbocycles. The molecule has 6 nitrogen and oxygen atoms in total. The molecule has 0 radical (unpaired) electrons. The van der Waals surface area contributed by atoms with Crippen LogP contribution in [0, 0.1) is 13.8 Å². The number of thioether (sulfide) groups is 1. The van der Waals surface area contributed by atoms with Gasteiger partial charge in [-0.3, -0.25) is 9.69 Å². The molecule has 3 aromatic rings. The van der Waals surface area contributed by atoms with Gasteiger partial charge in [0.2, 0.25) is 11.0 Å². The van der Waals surface area contributed by atoms with E-state index >= 15 is 0 Å². The van der Waals surface area contributed by atoms with Crippen molar-refractivity contribution >= 4 is 56.3 Å². The maximum Gasteiger partial charge on any atom is 0.230 e. The van der Waals surface area contributed by atoms with Gasteiger partial charge < -0.3 is 5.32 Å². The first-order chi connectivity index (χ1) is 13.5. The lowest BCUT2D eigenvalue weighted by Crippen LogP contribution is -2.23. The van der Waals surface area contributed by atoms with Gasteiger partial charge in [0.15, 0.2) is 9.47 Å². The number of nitrogens with one attached hydrogen (secondary N) is 1. The minimum absolute atomic E-state index is 0.0516. The Balaban J connectivity index is 1.72. The Labute approximate surface area is 176 Å². The molecule has 0 saturated heterocycles. The monoisotopic (exact) mass is 431 g/mol. The van der Waals surface area contributed by atoms with Crippen LogP contribution in [0.1, 0.15) is 23.7 Å². The molecule has 3 rings (SSSR count). The number of anilines is 3. The second kappa shape index (κ2) is 9.31. The average Bonchev–Trinajstić information content (AvgIpc) is 3.31. The number of aryl methyl sites for hydroxylation is 1. The minimum Gasteiger partial charge on any atom is -0.357 e. The van der Waals surface area contributed by atoms with E-state index in [0.29, 0.717) is 17.4 Å². The van der Waals surface area contributed by atoms with Crippen LogP contribution in [0.3, 0.4) is 0 Å². The molecule has 0 spiro atoms. The van der Waals surface area contributed by atoms with Crippen LogP contribution in [0.15, 0.2) is 40.6 Å². The largest absolute Gasteiger partial charge is 0.357 e. The second-order valence-electron chi connectivity index (χ2n) is 6.03. The van der Waals surface area contributed by atoms with Crippen LogP contribution in [0.25, 0.3) is 0 Å². The van der Waals surface area contributed by atoms with Crippen LogP contribution < -0.4 is 10.2 Å². The summed E-state index contributed by atoms with van der Waals surface area (Å²) >= 11 is 4.56. The number of hydrogen-bond acceptors (Lipinski definition) is 8. The van der Waals surface area contributed by atoms with Gasteiger partial charge in [0.05, 0.1) is 11.4 Å². The molecule has 0 bridgehead atoms. The van der Waals surface area contributed by atoms with Crippen molar-refractivity contribution in [3.8, 4) is 0 Å².